The van der Waals surface area contributed by atoms with Gasteiger partial charge in [0.1, 0.15) is 18.9 Å². The van der Waals surface area contributed by atoms with Crippen LogP contribution in [0.25, 0.3) is 0 Å². The van der Waals surface area contributed by atoms with Gasteiger partial charge < -0.3 is 14.0 Å². The molecule has 0 aliphatic carbocycles. The minimum atomic E-state index is -0.468. The molecule has 0 saturated heterocycles. The van der Waals surface area contributed by atoms with Crippen molar-refractivity contribution in [2.75, 3.05) is 7.11 Å². The molecule has 0 aliphatic heterocycles. The van der Waals surface area contributed by atoms with E-state index in [1.807, 2.05) is 30.3 Å². The molecule has 0 saturated carbocycles. The van der Waals surface area contributed by atoms with Crippen LogP contribution >= 0.6 is 0 Å². The molecule has 5 nitrogen and oxygen atoms in total. The molecule has 1 aromatic carbocycles. The summed E-state index contributed by atoms with van der Waals surface area (Å²) in [6, 6.07) is 12.7. The van der Waals surface area contributed by atoms with Crippen LogP contribution in [-0.4, -0.2) is 17.6 Å². The van der Waals surface area contributed by atoms with Crippen LogP contribution in [0.2, 0.25) is 0 Å². The predicted octanol–water partition coefficient (Wildman–Crippen LogP) is 1.60. The second kappa shape index (κ2) is 6.56. The Morgan fingerprint density at radius 3 is 2.60 bits per heavy atom. The van der Waals surface area contributed by atoms with Gasteiger partial charge in [-0.15, -0.1) is 0 Å². The molecule has 104 valence electrons. The van der Waals surface area contributed by atoms with Crippen molar-refractivity contribution in [2.45, 2.75) is 13.2 Å². The number of carbonyl (C=O) groups excluding carboxylic acids is 1. The van der Waals surface area contributed by atoms with Crippen LogP contribution in [0.3, 0.4) is 0 Å². The standard InChI is InChI=1S/C15H15NO4/c1-19-15(18)10-16-8-7-13(9-14(16)17)20-11-12-5-3-2-4-6-12/h2-9H,10-11H2,1H3. The summed E-state index contributed by atoms with van der Waals surface area (Å²) in [6.45, 7) is 0.287. The summed E-state index contributed by atoms with van der Waals surface area (Å²) < 4.78 is 11.3. The maximum absolute atomic E-state index is 11.8. The van der Waals surface area contributed by atoms with E-state index in [0.29, 0.717) is 12.4 Å². The number of nitrogens with zero attached hydrogens (tertiary/aromatic N) is 1. The van der Waals surface area contributed by atoms with Gasteiger partial charge in [0.25, 0.3) is 5.56 Å². The molecule has 0 unspecified atom stereocenters. The zero-order chi connectivity index (χ0) is 14.4. The van der Waals surface area contributed by atoms with Gasteiger partial charge in [-0.1, -0.05) is 30.3 Å². The Bertz CT molecular complexity index is 634. The summed E-state index contributed by atoms with van der Waals surface area (Å²) in [4.78, 5) is 22.9. The molecule has 0 spiro atoms. The number of methoxy groups -OCH3 is 1. The summed E-state index contributed by atoms with van der Waals surface area (Å²) in [5, 5.41) is 0. The summed E-state index contributed by atoms with van der Waals surface area (Å²) in [5.41, 5.74) is 0.715. The average molecular weight is 273 g/mol. The van der Waals surface area contributed by atoms with Crippen molar-refractivity contribution in [3.8, 4) is 5.75 Å². The first-order chi connectivity index (χ1) is 9.69. The van der Waals surface area contributed by atoms with Gasteiger partial charge in [0.2, 0.25) is 0 Å². The maximum Gasteiger partial charge on any atom is 0.325 e. The first kappa shape index (κ1) is 13.9. The van der Waals surface area contributed by atoms with Gasteiger partial charge in [-0.2, -0.15) is 0 Å². The van der Waals surface area contributed by atoms with E-state index in [0.717, 1.165) is 5.56 Å². The molecule has 0 atom stereocenters. The summed E-state index contributed by atoms with van der Waals surface area (Å²) in [6.07, 6.45) is 1.51. The monoisotopic (exact) mass is 273 g/mol. The number of benzene rings is 1. The smallest absolute Gasteiger partial charge is 0.325 e. The van der Waals surface area contributed by atoms with Crippen LogP contribution in [0, 0.1) is 0 Å². The summed E-state index contributed by atoms with van der Waals surface area (Å²) >= 11 is 0. The van der Waals surface area contributed by atoms with Crippen molar-refractivity contribution >= 4 is 5.97 Å². The molecule has 5 heteroatoms. The normalized spacial score (nSPS) is 10.1. The fourth-order valence-corrected chi connectivity index (χ4v) is 1.65. The molecule has 0 bridgehead atoms. The minimum Gasteiger partial charge on any atom is -0.489 e. The Morgan fingerprint density at radius 2 is 1.95 bits per heavy atom. The second-order valence-electron chi connectivity index (χ2n) is 4.18. The molecule has 2 aromatic rings. The number of hydrogen-bond acceptors (Lipinski definition) is 4. The number of ether oxygens (including phenoxy) is 2. The van der Waals surface area contributed by atoms with E-state index in [2.05, 4.69) is 4.74 Å². The zero-order valence-electron chi connectivity index (χ0n) is 11.1. The first-order valence-corrected chi connectivity index (χ1v) is 6.13. The molecule has 0 amide bonds. The molecular formula is C15H15NO4. The molecule has 1 aromatic heterocycles. The molecule has 0 radical (unpaired) electrons. The first-order valence-electron chi connectivity index (χ1n) is 6.13. The van der Waals surface area contributed by atoms with E-state index in [9.17, 15) is 9.59 Å². The van der Waals surface area contributed by atoms with Crippen molar-refractivity contribution < 1.29 is 14.3 Å². The van der Waals surface area contributed by atoms with Gasteiger partial charge in [0, 0.05) is 12.3 Å². The highest BCUT2D eigenvalue weighted by atomic mass is 16.5. The number of aromatic nitrogens is 1. The van der Waals surface area contributed by atoms with Crippen molar-refractivity contribution in [3.63, 3.8) is 0 Å². The van der Waals surface area contributed by atoms with Crippen LogP contribution in [-0.2, 0) is 22.7 Å². The third-order valence-corrected chi connectivity index (χ3v) is 2.74. The number of hydrogen-bond donors (Lipinski definition) is 0. The molecule has 0 aliphatic rings. The molecule has 1 heterocycles. The molecule has 20 heavy (non-hydrogen) atoms. The van der Waals surface area contributed by atoms with E-state index in [1.165, 1.54) is 23.9 Å². The average Bonchev–Trinajstić information content (AvgIpc) is 2.48. The zero-order valence-corrected chi connectivity index (χ0v) is 11.1. The van der Waals surface area contributed by atoms with Crippen LogP contribution in [0.4, 0.5) is 0 Å². The predicted molar refractivity (Wildman–Crippen MR) is 73.5 cm³/mol. The van der Waals surface area contributed by atoms with Crippen molar-refractivity contribution in [2.24, 2.45) is 0 Å². The van der Waals surface area contributed by atoms with E-state index in [4.69, 9.17) is 4.74 Å². The van der Waals surface area contributed by atoms with E-state index in [1.54, 1.807) is 6.07 Å². The molecule has 0 N–H and O–H groups in total. The largest absolute Gasteiger partial charge is 0.489 e. The van der Waals surface area contributed by atoms with E-state index >= 15 is 0 Å². The summed E-state index contributed by atoms with van der Waals surface area (Å²) in [7, 11) is 1.28. The lowest BCUT2D eigenvalue weighted by Gasteiger charge is -2.08. The van der Waals surface area contributed by atoms with Gasteiger partial charge in [-0.05, 0) is 11.6 Å². The van der Waals surface area contributed by atoms with Crippen molar-refractivity contribution in [1.82, 2.24) is 4.57 Å². The highest BCUT2D eigenvalue weighted by molar-refractivity contribution is 5.68. The Morgan fingerprint density at radius 1 is 1.20 bits per heavy atom. The van der Waals surface area contributed by atoms with E-state index < -0.39 is 5.97 Å². The topological polar surface area (TPSA) is 57.5 Å². The lowest BCUT2D eigenvalue weighted by Crippen LogP contribution is -2.23. The number of rotatable bonds is 5. The minimum absolute atomic E-state index is 0.103. The Kier molecular flexibility index (Phi) is 4.55. The SMILES string of the molecule is COC(=O)Cn1ccc(OCc2ccccc2)cc1=O. The highest BCUT2D eigenvalue weighted by Crippen LogP contribution is 2.09. The number of esters is 1. The number of pyridine rings is 1. The third-order valence-electron chi connectivity index (χ3n) is 2.74. The van der Waals surface area contributed by atoms with Gasteiger partial charge >= 0.3 is 5.97 Å². The molecular weight excluding hydrogens is 258 g/mol. The maximum atomic E-state index is 11.8. The van der Waals surface area contributed by atoms with Gasteiger partial charge in [0.15, 0.2) is 0 Å². The fourth-order valence-electron chi connectivity index (χ4n) is 1.65. The van der Waals surface area contributed by atoms with E-state index in [-0.39, 0.29) is 12.1 Å². The highest BCUT2D eigenvalue weighted by Gasteiger charge is 2.05. The van der Waals surface area contributed by atoms with Crippen molar-refractivity contribution in [3.05, 3.63) is 64.6 Å². The Hall–Kier alpha value is -2.56. The second-order valence-corrected chi connectivity index (χ2v) is 4.18. The fraction of sp³-hybridized carbons (Fsp3) is 0.200. The lowest BCUT2D eigenvalue weighted by molar-refractivity contribution is -0.141. The summed E-state index contributed by atoms with van der Waals surface area (Å²) in [5.74, 6) is 0.00465. The van der Waals surface area contributed by atoms with Crippen LogP contribution in [0.5, 0.6) is 5.75 Å². The third kappa shape index (κ3) is 3.71. The lowest BCUT2D eigenvalue weighted by atomic mass is 10.2. The quantitative estimate of drug-likeness (QED) is 0.776. The van der Waals surface area contributed by atoms with Gasteiger partial charge in [-0.3, -0.25) is 9.59 Å². The van der Waals surface area contributed by atoms with Crippen molar-refractivity contribution in [1.29, 1.82) is 0 Å². The van der Waals surface area contributed by atoms with Crippen LogP contribution < -0.4 is 10.3 Å². The van der Waals surface area contributed by atoms with Crippen LogP contribution in [0.15, 0.2) is 53.5 Å². The Labute approximate surface area is 116 Å². The Balaban J connectivity index is 2.02. The molecule has 0 fully saturated rings. The van der Waals surface area contributed by atoms with Gasteiger partial charge in [-0.25, -0.2) is 0 Å². The van der Waals surface area contributed by atoms with Crippen LogP contribution in [0.1, 0.15) is 5.56 Å². The number of carbonyl (C=O) groups is 1. The molecule has 2 rings (SSSR count). The van der Waals surface area contributed by atoms with Gasteiger partial charge in [0.05, 0.1) is 7.11 Å².